The van der Waals surface area contributed by atoms with Gasteiger partial charge in [0.1, 0.15) is 5.82 Å². The molecule has 0 amide bonds. The number of aromatic nitrogens is 1. The molecule has 0 radical (unpaired) electrons. The lowest BCUT2D eigenvalue weighted by molar-refractivity contribution is 0.185. The van der Waals surface area contributed by atoms with Crippen molar-refractivity contribution in [2.24, 2.45) is 0 Å². The van der Waals surface area contributed by atoms with Gasteiger partial charge >= 0.3 is 0 Å². The van der Waals surface area contributed by atoms with Gasteiger partial charge < -0.3 is 19.5 Å². The Balaban J connectivity index is 1.96. The summed E-state index contributed by atoms with van der Waals surface area (Å²) in [5, 5.41) is 5.35. The first-order valence-electron chi connectivity index (χ1n) is 7.61. The molecule has 0 saturated heterocycles. The molecule has 24 heavy (non-hydrogen) atoms. The van der Waals surface area contributed by atoms with Crippen LogP contribution in [0, 0.1) is 0 Å². The molecule has 124 valence electrons. The van der Waals surface area contributed by atoms with E-state index in [-0.39, 0.29) is 0 Å². The molecule has 0 spiro atoms. The Morgan fingerprint density at radius 3 is 2.29 bits per heavy atom. The van der Waals surface area contributed by atoms with E-state index in [1.54, 1.807) is 27.5 Å². The maximum absolute atomic E-state index is 5.40. The van der Waals surface area contributed by atoms with Crippen LogP contribution < -0.4 is 14.8 Å². The molecule has 1 N–H and O–H groups in total. The molecule has 0 atom stereocenters. The molecule has 0 aliphatic heterocycles. The third-order valence-corrected chi connectivity index (χ3v) is 3.80. The van der Waals surface area contributed by atoms with Crippen LogP contribution in [0.4, 0.5) is 11.5 Å². The number of rotatable bonds is 6. The van der Waals surface area contributed by atoms with Crippen LogP contribution in [0.25, 0.3) is 10.8 Å². The minimum absolute atomic E-state index is 0.601. The molecule has 0 fully saturated rings. The van der Waals surface area contributed by atoms with Gasteiger partial charge in [0.05, 0.1) is 20.8 Å². The molecular formula is C19H20N2O3. The number of fused-ring (bicyclic) bond motifs is 1. The number of benzene rings is 2. The standard InChI is InChI=1S/C19H20N2O3/c1-22-12-13-4-6-15(7-5-13)21-19-16-11-18(24-3)17(23-2)10-14(16)8-9-20-19/h4-11H,12H2,1-3H3,(H,20,21). The van der Waals surface area contributed by atoms with E-state index in [9.17, 15) is 0 Å². The van der Waals surface area contributed by atoms with Crippen molar-refractivity contribution in [3.8, 4) is 11.5 Å². The summed E-state index contributed by atoms with van der Waals surface area (Å²) in [4.78, 5) is 4.46. The van der Waals surface area contributed by atoms with Gasteiger partial charge in [0.15, 0.2) is 11.5 Å². The zero-order valence-electron chi connectivity index (χ0n) is 14.0. The van der Waals surface area contributed by atoms with Crippen molar-refractivity contribution in [1.29, 1.82) is 0 Å². The Morgan fingerprint density at radius 2 is 1.62 bits per heavy atom. The Kier molecular flexibility index (Phi) is 4.82. The molecule has 2 aromatic carbocycles. The van der Waals surface area contributed by atoms with E-state index in [2.05, 4.69) is 10.3 Å². The molecule has 0 aliphatic rings. The minimum atomic E-state index is 0.601. The first kappa shape index (κ1) is 16.1. The van der Waals surface area contributed by atoms with Crippen LogP contribution in [0.15, 0.2) is 48.7 Å². The third kappa shape index (κ3) is 3.26. The van der Waals surface area contributed by atoms with Gasteiger partial charge in [-0.15, -0.1) is 0 Å². The van der Waals surface area contributed by atoms with E-state index < -0.39 is 0 Å². The fraction of sp³-hybridized carbons (Fsp3) is 0.211. The number of nitrogens with zero attached hydrogens (tertiary/aromatic N) is 1. The summed E-state index contributed by atoms with van der Waals surface area (Å²) in [6.07, 6.45) is 1.77. The average Bonchev–Trinajstić information content (AvgIpc) is 2.62. The summed E-state index contributed by atoms with van der Waals surface area (Å²) >= 11 is 0. The van der Waals surface area contributed by atoms with Crippen molar-refractivity contribution >= 4 is 22.3 Å². The second-order valence-corrected chi connectivity index (χ2v) is 5.34. The maximum Gasteiger partial charge on any atom is 0.161 e. The fourth-order valence-corrected chi connectivity index (χ4v) is 2.59. The van der Waals surface area contributed by atoms with Gasteiger partial charge in [-0.25, -0.2) is 4.98 Å². The summed E-state index contributed by atoms with van der Waals surface area (Å²) < 4.78 is 15.9. The van der Waals surface area contributed by atoms with Crippen molar-refractivity contribution in [2.75, 3.05) is 26.6 Å². The van der Waals surface area contributed by atoms with Crippen LogP contribution in [0.3, 0.4) is 0 Å². The predicted octanol–water partition coefficient (Wildman–Crippen LogP) is 4.14. The minimum Gasteiger partial charge on any atom is -0.493 e. The molecule has 5 heteroatoms. The van der Waals surface area contributed by atoms with Crippen LogP contribution in [-0.2, 0) is 11.3 Å². The van der Waals surface area contributed by atoms with Crippen LogP contribution >= 0.6 is 0 Å². The Bertz CT molecular complexity index is 832. The maximum atomic E-state index is 5.40. The second-order valence-electron chi connectivity index (χ2n) is 5.34. The van der Waals surface area contributed by atoms with Crippen LogP contribution in [0.2, 0.25) is 0 Å². The summed E-state index contributed by atoms with van der Waals surface area (Å²) in [5.41, 5.74) is 2.09. The highest BCUT2D eigenvalue weighted by Crippen LogP contribution is 2.35. The van der Waals surface area contributed by atoms with Crippen LogP contribution in [0.5, 0.6) is 11.5 Å². The van der Waals surface area contributed by atoms with Gasteiger partial charge in [0.25, 0.3) is 0 Å². The quantitative estimate of drug-likeness (QED) is 0.738. The molecule has 0 saturated carbocycles. The molecule has 0 unspecified atom stereocenters. The van der Waals surface area contributed by atoms with E-state index in [4.69, 9.17) is 14.2 Å². The van der Waals surface area contributed by atoms with Gasteiger partial charge in [-0.3, -0.25) is 0 Å². The molecule has 3 aromatic rings. The van der Waals surface area contributed by atoms with Gasteiger partial charge in [-0.1, -0.05) is 12.1 Å². The van der Waals surface area contributed by atoms with Crippen molar-refractivity contribution in [3.63, 3.8) is 0 Å². The summed E-state index contributed by atoms with van der Waals surface area (Å²) in [6, 6.07) is 13.9. The van der Waals surface area contributed by atoms with Crippen molar-refractivity contribution in [3.05, 3.63) is 54.2 Å². The van der Waals surface area contributed by atoms with Gasteiger partial charge in [0.2, 0.25) is 0 Å². The number of hydrogen-bond acceptors (Lipinski definition) is 5. The lowest BCUT2D eigenvalue weighted by atomic mass is 10.1. The largest absolute Gasteiger partial charge is 0.493 e. The summed E-state index contributed by atoms with van der Waals surface area (Å²) in [6.45, 7) is 0.601. The highest BCUT2D eigenvalue weighted by Gasteiger charge is 2.10. The number of hydrogen-bond donors (Lipinski definition) is 1. The first-order chi connectivity index (χ1) is 11.7. The monoisotopic (exact) mass is 324 g/mol. The van der Waals surface area contributed by atoms with Crippen LogP contribution in [0.1, 0.15) is 5.56 Å². The highest BCUT2D eigenvalue weighted by molar-refractivity contribution is 5.95. The zero-order chi connectivity index (χ0) is 16.9. The Labute approximate surface area is 141 Å². The second kappa shape index (κ2) is 7.19. The van der Waals surface area contributed by atoms with Crippen LogP contribution in [-0.4, -0.2) is 26.3 Å². The van der Waals surface area contributed by atoms with Gasteiger partial charge in [-0.05, 0) is 41.3 Å². The zero-order valence-corrected chi connectivity index (χ0v) is 14.0. The predicted molar refractivity (Wildman–Crippen MR) is 95.3 cm³/mol. The smallest absolute Gasteiger partial charge is 0.161 e. The number of pyridine rings is 1. The Morgan fingerprint density at radius 1 is 0.917 bits per heavy atom. The lowest BCUT2D eigenvalue weighted by Gasteiger charge is -2.13. The molecule has 0 aliphatic carbocycles. The van der Waals surface area contributed by atoms with Gasteiger partial charge in [0, 0.05) is 24.4 Å². The fourth-order valence-electron chi connectivity index (χ4n) is 2.59. The van der Waals surface area contributed by atoms with E-state index in [0.29, 0.717) is 18.1 Å². The van der Waals surface area contributed by atoms with Gasteiger partial charge in [-0.2, -0.15) is 0 Å². The molecule has 3 rings (SSSR count). The van der Waals surface area contributed by atoms with E-state index in [1.807, 2.05) is 42.5 Å². The number of ether oxygens (including phenoxy) is 3. The Hall–Kier alpha value is -2.79. The van der Waals surface area contributed by atoms with Crippen molar-refractivity contribution in [1.82, 2.24) is 4.98 Å². The highest BCUT2D eigenvalue weighted by atomic mass is 16.5. The molecule has 1 heterocycles. The molecular weight excluding hydrogens is 304 g/mol. The SMILES string of the molecule is COCc1ccc(Nc2nccc3cc(OC)c(OC)cc23)cc1. The molecule has 0 bridgehead atoms. The van der Waals surface area contributed by atoms with E-state index in [0.717, 1.165) is 27.8 Å². The molecule has 1 aromatic heterocycles. The number of methoxy groups -OCH3 is 3. The summed E-state index contributed by atoms with van der Waals surface area (Å²) in [5.74, 6) is 2.15. The number of nitrogens with one attached hydrogen (secondary N) is 1. The normalized spacial score (nSPS) is 10.6. The van der Waals surface area contributed by atoms with E-state index in [1.165, 1.54) is 0 Å². The lowest BCUT2D eigenvalue weighted by Crippen LogP contribution is -1.97. The van der Waals surface area contributed by atoms with Crippen molar-refractivity contribution < 1.29 is 14.2 Å². The summed E-state index contributed by atoms with van der Waals surface area (Å²) in [7, 11) is 4.95. The van der Waals surface area contributed by atoms with Crippen molar-refractivity contribution in [2.45, 2.75) is 6.61 Å². The first-order valence-corrected chi connectivity index (χ1v) is 7.61. The van der Waals surface area contributed by atoms with E-state index >= 15 is 0 Å². The third-order valence-electron chi connectivity index (χ3n) is 3.80. The topological polar surface area (TPSA) is 52.6 Å². The molecule has 5 nitrogen and oxygen atoms in total. The number of anilines is 2. The average molecular weight is 324 g/mol.